The van der Waals surface area contributed by atoms with Crippen molar-refractivity contribution in [3.63, 3.8) is 0 Å². The van der Waals surface area contributed by atoms with Gasteiger partial charge in [-0.15, -0.1) is 0 Å². The predicted molar refractivity (Wildman–Crippen MR) is 76.6 cm³/mol. The van der Waals surface area contributed by atoms with Crippen LogP contribution in [0.1, 0.15) is 11.1 Å². The molecule has 0 unspecified atom stereocenters. The molecule has 0 heterocycles. The lowest BCUT2D eigenvalue weighted by molar-refractivity contribution is -0.384. The van der Waals surface area contributed by atoms with Crippen LogP contribution in [0.3, 0.4) is 0 Å². The number of nitro groups is 1. The van der Waals surface area contributed by atoms with E-state index in [1.165, 1.54) is 18.2 Å². The summed E-state index contributed by atoms with van der Waals surface area (Å²) < 4.78 is 13.4. The number of hydrogen-bond acceptors (Lipinski definition) is 3. The van der Waals surface area contributed by atoms with E-state index >= 15 is 0 Å². The first-order valence-electron chi connectivity index (χ1n) is 5.91. The molecule has 0 fully saturated rings. The zero-order chi connectivity index (χ0) is 14.7. The molecule has 2 aromatic rings. The summed E-state index contributed by atoms with van der Waals surface area (Å²) in [5.74, 6) is -0.294. The number of anilines is 1. The highest BCUT2D eigenvalue weighted by molar-refractivity contribution is 6.32. The number of rotatable bonds is 4. The summed E-state index contributed by atoms with van der Waals surface area (Å²) in [7, 11) is 0. The van der Waals surface area contributed by atoms with Gasteiger partial charge in [-0.2, -0.15) is 0 Å². The Morgan fingerprint density at radius 1 is 1.35 bits per heavy atom. The van der Waals surface area contributed by atoms with Crippen molar-refractivity contribution in [3.8, 4) is 0 Å². The second-order valence-corrected chi connectivity index (χ2v) is 4.72. The third-order valence-corrected chi connectivity index (χ3v) is 3.28. The second-order valence-electron chi connectivity index (χ2n) is 4.31. The van der Waals surface area contributed by atoms with Crippen LogP contribution in [0.5, 0.6) is 0 Å². The van der Waals surface area contributed by atoms with Crippen LogP contribution in [0.2, 0.25) is 5.02 Å². The molecule has 0 aliphatic rings. The first-order chi connectivity index (χ1) is 9.49. The highest BCUT2D eigenvalue weighted by Gasteiger charge is 2.12. The molecule has 4 nitrogen and oxygen atoms in total. The normalized spacial score (nSPS) is 10.3. The number of nitrogens with zero attached hydrogens (tertiary/aromatic N) is 1. The fourth-order valence-electron chi connectivity index (χ4n) is 1.80. The quantitative estimate of drug-likeness (QED) is 0.675. The monoisotopic (exact) mass is 294 g/mol. The third kappa shape index (κ3) is 3.05. The Morgan fingerprint density at radius 2 is 2.10 bits per heavy atom. The van der Waals surface area contributed by atoms with Gasteiger partial charge in [0.2, 0.25) is 0 Å². The Hall–Kier alpha value is -2.14. The molecule has 0 radical (unpaired) electrons. The van der Waals surface area contributed by atoms with Crippen LogP contribution < -0.4 is 5.32 Å². The van der Waals surface area contributed by atoms with Gasteiger partial charge in [-0.1, -0.05) is 23.7 Å². The molecular formula is C14H12ClFN2O2. The lowest BCUT2D eigenvalue weighted by Crippen LogP contribution is -2.02. The maximum Gasteiger partial charge on any atom is 0.288 e. The Bertz CT molecular complexity index is 662. The molecule has 0 bridgehead atoms. The fraction of sp³-hybridized carbons (Fsp3) is 0.143. The van der Waals surface area contributed by atoms with Crippen molar-refractivity contribution in [2.24, 2.45) is 0 Å². The highest BCUT2D eigenvalue weighted by atomic mass is 35.5. The molecule has 0 aliphatic carbocycles. The van der Waals surface area contributed by atoms with E-state index in [0.29, 0.717) is 23.4 Å². The van der Waals surface area contributed by atoms with Gasteiger partial charge in [0.25, 0.3) is 5.69 Å². The molecule has 0 saturated carbocycles. The summed E-state index contributed by atoms with van der Waals surface area (Å²) >= 11 is 5.74. The molecule has 0 aliphatic heterocycles. The van der Waals surface area contributed by atoms with Gasteiger partial charge in [0, 0.05) is 23.9 Å². The van der Waals surface area contributed by atoms with E-state index in [4.69, 9.17) is 11.6 Å². The Morgan fingerprint density at radius 3 is 2.80 bits per heavy atom. The molecular weight excluding hydrogens is 283 g/mol. The van der Waals surface area contributed by atoms with E-state index in [2.05, 4.69) is 5.32 Å². The summed E-state index contributed by atoms with van der Waals surface area (Å²) in [6.45, 7) is 2.02. The van der Waals surface area contributed by atoms with Gasteiger partial charge in [-0.3, -0.25) is 10.1 Å². The summed E-state index contributed by atoms with van der Waals surface area (Å²) in [4.78, 5) is 10.3. The second kappa shape index (κ2) is 5.88. The van der Waals surface area contributed by atoms with Crippen molar-refractivity contribution >= 4 is 23.0 Å². The molecule has 0 atom stereocenters. The molecule has 2 rings (SSSR count). The van der Waals surface area contributed by atoms with Crippen molar-refractivity contribution < 1.29 is 9.31 Å². The first-order valence-corrected chi connectivity index (χ1v) is 6.28. The van der Waals surface area contributed by atoms with Crippen LogP contribution in [0.15, 0.2) is 36.4 Å². The van der Waals surface area contributed by atoms with E-state index in [0.717, 1.165) is 0 Å². The molecule has 2 aromatic carbocycles. The number of hydrogen-bond donors (Lipinski definition) is 1. The Labute approximate surface area is 120 Å². The zero-order valence-electron chi connectivity index (χ0n) is 10.7. The third-order valence-electron chi connectivity index (χ3n) is 2.96. The van der Waals surface area contributed by atoms with Crippen LogP contribution >= 0.6 is 11.6 Å². The van der Waals surface area contributed by atoms with Crippen LogP contribution in [-0.2, 0) is 6.54 Å². The van der Waals surface area contributed by atoms with Gasteiger partial charge in [0.15, 0.2) is 0 Å². The SMILES string of the molecule is Cc1c(F)cccc1NCc1ccc(Cl)c([N+](=O)[O-])c1. The molecule has 0 spiro atoms. The van der Waals surface area contributed by atoms with Crippen molar-refractivity contribution in [1.82, 2.24) is 0 Å². The van der Waals surface area contributed by atoms with Gasteiger partial charge in [-0.05, 0) is 30.7 Å². The maximum atomic E-state index is 13.4. The van der Waals surface area contributed by atoms with Gasteiger partial charge in [0.05, 0.1) is 4.92 Å². The van der Waals surface area contributed by atoms with E-state index in [1.807, 2.05) is 0 Å². The molecule has 0 saturated heterocycles. The molecule has 104 valence electrons. The first kappa shape index (κ1) is 14.3. The summed E-state index contributed by atoms with van der Waals surface area (Å²) in [5.41, 5.74) is 1.73. The maximum absolute atomic E-state index is 13.4. The zero-order valence-corrected chi connectivity index (χ0v) is 11.4. The standard InChI is InChI=1S/C14H12ClFN2O2/c1-9-12(16)3-2-4-13(9)17-8-10-5-6-11(15)14(7-10)18(19)20/h2-7,17H,8H2,1H3. The smallest absolute Gasteiger partial charge is 0.288 e. The summed E-state index contributed by atoms with van der Waals surface area (Å²) in [6.07, 6.45) is 0. The van der Waals surface area contributed by atoms with Crippen molar-refractivity contribution in [2.75, 3.05) is 5.32 Å². The number of nitro benzene ring substituents is 1. The Kier molecular flexibility index (Phi) is 4.20. The lowest BCUT2D eigenvalue weighted by atomic mass is 10.1. The van der Waals surface area contributed by atoms with Crippen molar-refractivity contribution in [1.29, 1.82) is 0 Å². The average Bonchev–Trinajstić information content (AvgIpc) is 2.41. The summed E-state index contributed by atoms with van der Waals surface area (Å²) in [6, 6.07) is 9.32. The minimum atomic E-state index is -0.529. The van der Waals surface area contributed by atoms with Gasteiger partial charge in [0.1, 0.15) is 10.8 Å². The van der Waals surface area contributed by atoms with Gasteiger partial charge < -0.3 is 5.32 Å². The van der Waals surface area contributed by atoms with E-state index < -0.39 is 4.92 Å². The van der Waals surface area contributed by atoms with E-state index in [9.17, 15) is 14.5 Å². The number of halogens is 2. The average molecular weight is 295 g/mol. The van der Waals surface area contributed by atoms with Gasteiger partial charge >= 0.3 is 0 Å². The predicted octanol–water partition coefficient (Wildman–Crippen LogP) is 4.31. The lowest BCUT2D eigenvalue weighted by Gasteiger charge is -2.10. The molecule has 0 amide bonds. The highest BCUT2D eigenvalue weighted by Crippen LogP contribution is 2.26. The van der Waals surface area contributed by atoms with Crippen molar-refractivity contribution in [3.05, 3.63) is 68.5 Å². The largest absolute Gasteiger partial charge is 0.381 e. The molecule has 20 heavy (non-hydrogen) atoms. The van der Waals surface area contributed by atoms with Crippen molar-refractivity contribution in [2.45, 2.75) is 13.5 Å². The van der Waals surface area contributed by atoms with Crippen LogP contribution in [-0.4, -0.2) is 4.92 Å². The van der Waals surface area contributed by atoms with Crippen LogP contribution in [0.25, 0.3) is 0 Å². The molecule has 6 heteroatoms. The van der Waals surface area contributed by atoms with Crippen LogP contribution in [0.4, 0.5) is 15.8 Å². The van der Waals surface area contributed by atoms with Gasteiger partial charge in [-0.25, -0.2) is 4.39 Å². The van der Waals surface area contributed by atoms with Crippen LogP contribution in [0, 0.1) is 22.9 Å². The number of nitrogens with one attached hydrogen (secondary N) is 1. The van der Waals surface area contributed by atoms with E-state index in [1.54, 1.807) is 25.1 Å². The topological polar surface area (TPSA) is 55.2 Å². The minimum Gasteiger partial charge on any atom is -0.381 e. The van der Waals surface area contributed by atoms with E-state index in [-0.39, 0.29) is 16.5 Å². The Balaban J connectivity index is 2.17. The fourth-order valence-corrected chi connectivity index (χ4v) is 1.99. The summed E-state index contributed by atoms with van der Waals surface area (Å²) in [5, 5.41) is 13.9. The molecule has 0 aromatic heterocycles. The molecule has 1 N–H and O–H groups in total. The minimum absolute atomic E-state index is 0.0979. The number of benzene rings is 2.